The van der Waals surface area contributed by atoms with Crippen LogP contribution in [0, 0.1) is 0 Å². The number of imide groups is 1. The van der Waals surface area contributed by atoms with Gasteiger partial charge in [-0.1, -0.05) is 46.6 Å². The second-order valence-corrected chi connectivity index (χ2v) is 7.03. The minimum atomic E-state index is -0.953. The van der Waals surface area contributed by atoms with E-state index < -0.39 is 29.8 Å². The van der Waals surface area contributed by atoms with Crippen molar-refractivity contribution in [3.63, 3.8) is 0 Å². The first-order chi connectivity index (χ1) is 13.5. The van der Waals surface area contributed by atoms with Crippen molar-refractivity contribution in [3.05, 3.63) is 58.6 Å². The van der Waals surface area contributed by atoms with Crippen LogP contribution in [0.5, 0.6) is 0 Å². The standard InChI is InChI=1S/C18H13Cl2N5O3/c19-12-7-6-10(8-13(12)20)21-14(26)9-24-16-15(22-23-24)17(27)25(18(16)28)11-4-2-1-3-5-11/h1-8,15-16H,9H2,(H,21,26)/t15-,16+/m1/s1. The van der Waals surface area contributed by atoms with Crippen LogP contribution in [-0.2, 0) is 14.4 Å². The van der Waals surface area contributed by atoms with E-state index in [1.165, 1.54) is 11.1 Å². The Labute approximate surface area is 169 Å². The second kappa shape index (κ2) is 7.21. The molecule has 3 amide bonds. The molecule has 28 heavy (non-hydrogen) atoms. The topological polar surface area (TPSA) is 94.4 Å². The van der Waals surface area contributed by atoms with Crippen LogP contribution >= 0.6 is 23.2 Å². The summed E-state index contributed by atoms with van der Waals surface area (Å²) in [5.74, 6) is -1.36. The van der Waals surface area contributed by atoms with E-state index in [1.807, 2.05) is 0 Å². The van der Waals surface area contributed by atoms with Crippen molar-refractivity contribution in [2.24, 2.45) is 10.3 Å². The van der Waals surface area contributed by atoms with E-state index in [4.69, 9.17) is 23.2 Å². The van der Waals surface area contributed by atoms with Gasteiger partial charge >= 0.3 is 0 Å². The molecular weight excluding hydrogens is 405 g/mol. The number of benzene rings is 2. The zero-order chi connectivity index (χ0) is 19.8. The van der Waals surface area contributed by atoms with E-state index in [9.17, 15) is 14.4 Å². The molecule has 142 valence electrons. The van der Waals surface area contributed by atoms with E-state index in [-0.39, 0.29) is 6.54 Å². The zero-order valence-corrected chi connectivity index (χ0v) is 15.8. The molecule has 2 aliphatic heterocycles. The van der Waals surface area contributed by atoms with Gasteiger partial charge in [-0.25, -0.2) is 4.90 Å². The fourth-order valence-corrected chi connectivity index (χ4v) is 3.41. The maximum absolute atomic E-state index is 12.8. The summed E-state index contributed by atoms with van der Waals surface area (Å²) in [6.07, 6.45) is 0. The largest absolute Gasteiger partial charge is 0.324 e. The third-order valence-electron chi connectivity index (χ3n) is 4.38. The summed E-state index contributed by atoms with van der Waals surface area (Å²) in [5, 5.41) is 12.3. The van der Waals surface area contributed by atoms with Crippen LogP contribution in [0.3, 0.4) is 0 Å². The zero-order valence-electron chi connectivity index (χ0n) is 14.3. The van der Waals surface area contributed by atoms with E-state index in [0.717, 1.165) is 4.90 Å². The first-order valence-electron chi connectivity index (χ1n) is 8.31. The summed E-state index contributed by atoms with van der Waals surface area (Å²) in [6.45, 7) is -0.243. The number of rotatable bonds is 4. The van der Waals surface area contributed by atoms with Crippen LogP contribution in [-0.4, -0.2) is 41.4 Å². The average Bonchev–Trinajstić information content (AvgIpc) is 3.19. The molecule has 2 aliphatic rings. The fraction of sp³-hybridized carbons (Fsp3) is 0.167. The molecule has 2 aromatic carbocycles. The number of nitrogens with one attached hydrogen (secondary N) is 1. The average molecular weight is 418 g/mol. The molecular formula is C18H13Cl2N5O3. The van der Waals surface area contributed by atoms with Gasteiger partial charge in [0, 0.05) is 5.69 Å². The third kappa shape index (κ3) is 3.21. The summed E-state index contributed by atoms with van der Waals surface area (Å²) in [6, 6.07) is 11.3. The molecule has 0 aromatic heterocycles. The number of nitrogens with zero attached hydrogens (tertiary/aromatic N) is 4. The van der Waals surface area contributed by atoms with Crippen molar-refractivity contribution in [1.29, 1.82) is 0 Å². The molecule has 0 aliphatic carbocycles. The number of halogens is 2. The highest BCUT2D eigenvalue weighted by Gasteiger charge is 2.55. The third-order valence-corrected chi connectivity index (χ3v) is 5.12. The molecule has 2 heterocycles. The normalized spacial score (nSPS) is 20.6. The Morgan fingerprint density at radius 1 is 1.04 bits per heavy atom. The van der Waals surface area contributed by atoms with E-state index in [2.05, 4.69) is 15.7 Å². The predicted octanol–water partition coefficient (Wildman–Crippen LogP) is 2.93. The lowest BCUT2D eigenvalue weighted by Gasteiger charge is -2.20. The molecule has 0 spiro atoms. The van der Waals surface area contributed by atoms with Crippen molar-refractivity contribution in [2.75, 3.05) is 16.8 Å². The Morgan fingerprint density at radius 2 is 1.79 bits per heavy atom. The van der Waals surface area contributed by atoms with Gasteiger partial charge in [0.1, 0.15) is 6.54 Å². The monoisotopic (exact) mass is 417 g/mol. The van der Waals surface area contributed by atoms with Gasteiger partial charge in [-0.05, 0) is 30.3 Å². The number of hydrogen-bond acceptors (Lipinski definition) is 6. The Balaban J connectivity index is 1.47. The predicted molar refractivity (Wildman–Crippen MR) is 103 cm³/mol. The SMILES string of the molecule is O=C(CN1N=N[C@H]2C(=O)N(c3ccccc3)C(=O)[C@H]21)Nc1ccc(Cl)c(Cl)c1. The first-order valence-corrected chi connectivity index (χ1v) is 9.06. The smallest absolute Gasteiger partial charge is 0.263 e. The van der Waals surface area contributed by atoms with Gasteiger partial charge in [-0.15, -0.1) is 0 Å². The van der Waals surface area contributed by atoms with Crippen LogP contribution in [0.4, 0.5) is 11.4 Å². The number of amides is 3. The van der Waals surface area contributed by atoms with Crippen LogP contribution in [0.1, 0.15) is 0 Å². The Bertz CT molecular complexity index is 998. The minimum Gasteiger partial charge on any atom is -0.324 e. The molecule has 1 saturated heterocycles. The Kier molecular flexibility index (Phi) is 4.74. The molecule has 2 atom stereocenters. The van der Waals surface area contributed by atoms with Crippen molar-refractivity contribution in [1.82, 2.24) is 5.01 Å². The highest BCUT2D eigenvalue weighted by atomic mass is 35.5. The van der Waals surface area contributed by atoms with Gasteiger partial charge in [-0.3, -0.25) is 19.4 Å². The van der Waals surface area contributed by atoms with Crippen LogP contribution in [0.25, 0.3) is 0 Å². The van der Waals surface area contributed by atoms with E-state index >= 15 is 0 Å². The van der Waals surface area contributed by atoms with Gasteiger partial charge in [-0.2, -0.15) is 5.11 Å². The highest BCUT2D eigenvalue weighted by Crippen LogP contribution is 2.31. The van der Waals surface area contributed by atoms with Gasteiger partial charge in [0.15, 0.2) is 12.1 Å². The van der Waals surface area contributed by atoms with Crippen molar-refractivity contribution < 1.29 is 14.4 Å². The minimum absolute atomic E-state index is 0.243. The van der Waals surface area contributed by atoms with Crippen LogP contribution < -0.4 is 10.2 Å². The summed E-state index contributed by atoms with van der Waals surface area (Å²) in [4.78, 5) is 38.8. The molecule has 0 radical (unpaired) electrons. The first kappa shape index (κ1) is 18.4. The molecule has 2 aromatic rings. The molecule has 0 unspecified atom stereocenters. The van der Waals surface area contributed by atoms with Gasteiger partial charge in [0.25, 0.3) is 11.8 Å². The van der Waals surface area contributed by atoms with Gasteiger partial charge in [0.2, 0.25) is 5.91 Å². The van der Waals surface area contributed by atoms with E-state index in [1.54, 1.807) is 42.5 Å². The van der Waals surface area contributed by atoms with Crippen LogP contribution in [0.2, 0.25) is 10.0 Å². The Hall–Kier alpha value is -2.97. The molecule has 0 bridgehead atoms. The summed E-state index contributed by atoms with van der Waals surface area (Å²) in [7, 11) is 0. The van der Waals surface area contributed by atoms with E-state index in [0.29, 0.717) is 21.4 Å². The number of carbonyl (C=O) groups is 3. The quantitative estimate of drug-likeness (QED) is 0.773. The lowest BCUT2D eigenvalue weighted by molar-refractivity contribution is -0.123. The van der Waals surface area contributed by atoms with Crippen molar-refractivity contribution >= 4 is 52.3 Å². The summed E-state index contributed by atoms with van der Waals surface area (Å²) in [5.41, 5.74) is 0.911. The lowest BCUT2D eigenvalue weighted by atomic mass is 10.1. The second-order valence-electron chi connectivity index (χ2n) is 6.22. The molecule has 1 fully saturated rings. The highest BCUT2D eigenvalue weighted by molar-refractivity contribution is 6.42. The number of anilines is 2. The maximum Gasteiger partial charge on any atom is 0.263 e. The number of carbonyl (C=O) groups excluding carboxylic acids is 3. The van der Waals surface area contributed by atoms with Gasteiger partial charge in [0.05, 0.1) is 15.7 Å². The van der Waals surface area contributed by atoms with Crippen molar-refractivity contribution in [3.8, 4) is 0 Å². The van der Waals surface area contributed by atoms with Gasteiger partial charge < -0.3 is 5.32 Å². The summed E-state index contributed by atoms with van der Waals surface area (Å²) < 4.78 is 0. The number of para-hydroxylation sites is 1. The molecule has 8 nitrogen and oxygen atoms in total. The number of fused-ring (bicyclic) bond motifs is 1. The maximum atomic E-state index is 12.8. The van der Waals surface area contributed by atoms with Crippen molar-refractivity contribution in [2.45, 2.75) is 12.1 Å². The lowest BCUT2D eigenvalue weighted by Crippen LogP contribution is -2.43. The van der Waals surface area contributed by atoms with Crippen LogP contribution in [0.15, 0.2) is 58.9 Å². The molecule has 0 saturated carbocycles. The molecule has 4 rings (SSSR count). The Morgan fingerprint density at radius 3 is 2.50 bits per heavy atom. The molecule has 10 heteroatoms. The molecule has 1 N–H and O–H groups in total. The summed E-state index contributed by atoms with van der Waals surface area (Å²) >= 11 is 11.8. The fourth-order valence-electron chi connectivity index (χ4n) is 3.11. The number of hydrogen-bond donors (Lipinski definition) is 1.